The third-order valence-electron chi connectivity index (χ3n) is 5.61. The molecule has 1 N–H and O–H groups in total. The van der Waals surface area contributed by atoms with Gasteiger partial charge in [0.1, 0.15) is 6.33 Å². The van der Waals surface area contributed by atoms with Gasteiger partial charge in [0.15, 0.2) is 6.10 Å². The van der Waals surface area contributed by atoms with E-state index in [4.69, 9.17) is 4.74 Å². The predicted octanol–water partition coefficient (Wildman–Crippen LogP) is 2.73. The molecule has 0 fully saturated rings. The van der Waals surface area contributed by atoms with E-state index in [2.05, 4.69) is 26.4 Å². The van der Waals surface area contributed by atoms with Crippen LogP contribution in [0, 0.1) is 13.8 Å². The summed E-state index contributed by atoms with van der Waals surface area (Å²) in [6, 6.07) is 5.96. The molecule has 156 valence electrons. The summed E-state index contributed by atoms with van der Waals surface area (Å²) in [6.45, 7) is 5.39. The lowest BCUT2D eigenvalue weighted by molar-refractivity contribution is -0.153. The van der Waals surface area contributed by atoms with Crippen molar-refractivity contribution < 1.29 is 14.3 Å². The highest BCUT2D eigenvalue weighted by atomic mass is 16.5. The number of ether oxygens (including phenoxy) is 1. The summed E-state index contributed by atoms with van der Waals surface area (Å²) in [4.78, 5) is 33.2. The SMILES string of the molecule is Cc1nc2ncnn2c(C)c1CCC(=O)O[C@@H](C)C(=O)Nc1ccc2c(c1)CCC2. The fraction of sp³-hybridized carbons (Fsp3) is 0.409. The fourth-order valence-corrected chi connectivity index (χ4v) is 3.95. The van der Waals surface area contributed by atoms with Crippen molar-refractivity contribution in [1.82, 2.24) is 19.6 Å². The van der Waals surface area contributed by atoms with E-state index in [-0.39, 0.29) is 12.3 Å². The highest BCUT2D eigenvalue weighted by Crippen LogP contribution is 2.25. The van der Waals surface area contributed by atoms with Crippen LogP contribution < -0.4 is 5.32 Å². The Morgan fingerprint density at radius 3 is 2.87 bits per heavy atom. The molecule has 1 aliphatic rings. The molecule has 0 saturated heterocycles. The Bertz CT molecular complexity index is 1120. The first-order chi connectivity index (χ1) is 14.4. The number of nitrogens with one attached hydrogen (secondary N) is 1. The molecule has 0 unspecified atom stereocenters. The number of aryl methyl sites for hydroxylation is 4. The lowest BCUT2D eigenvalue weighted by Gasteiger charge is -2.15. The summed E-state index contributed by atoms with van der Waals surface area (Å²) in [6.07, 6.45) is 4.48. The van der Waals surface area contributed by atoms with E-state index in [1.54, 1.807) is 11.4 Å². The number of carbonyl (C=O) groups excluding carboxylic acids is 2. The Balaban J connectivity index is 1.33. The lowest BCUT2D eigenvalue weighted by atomic mass is 10.1. The van der Waals surface area contributed by atoms with E-state index < -0.39 is 12.1 Å². The standard InChI is InChI=1S/C22H25N5O3/c1-13-19(14(2)27-22(25-13)23-12-24-27)9-10-20(28)30-15(3)21(29)26-18-8-7-16-5-4-6-17(16)11-18/h7-8,11-12,15H,4-6,9-10H2,1-3H3,(H,26,29)/t15-/m0/s1. The number of amides is 1. The second-order valence-corrected chi connectivity index (χ2v) is 7.69. The number of anilines is 1. The van der Waals surface area contributed by atoms with Crippen LogP contribution in [-0.2, 0) is 33.6 Å². The van der Waals surface area contributed by atoms with E-state index in [0.29, 0.717) is 12.2 Å². The van der Waals surface area contributed by atoms with Crippen LogP contribution in [0.4, 0.5) is 5.69 Å². The zero-order chi connectivity index (χ0) is 21.3. The number of nitrogens with zero attached hydrogens (tertiary/aromatic N) is 4. The molecule has 0 spiro atoms. The number of fused-ring (bicyclic) bond motifs is 2. The number of aromatic nitrogens is 4. The van der Waals surface area contributed by atoms with Gasteiger partial charge in [-0.05, 0) is 75.3 Å². The van der Waals surface area contributed by atoms with Crippen molar-refractivity contribution in [2.75, 3.05) is 5.32 Å². The highest BCUT2D eigenvalue weighted by molar-refractivity contribution is 5.95. The number of hydrogen-bond donors (Lipinski definition) is 1. The van der Waals surface area contributed by atoms with Crippen molar-refractivity contribution >= 4 is 23.3 Å². The number of rotatable bonds is 6. The summed E-state index contributed by atoms with van der Waals surface area (Å²) in [5.74, 6) is -0.225. The van der Waals surface area contributed by atoms with Crippen LogP contribution in [0.3, 0.4) is 0 Å². The molecular formula is C22H25N5O3. The molecule has 1 aromatic carbocycles. The zero-order valence-corrected chi connectivity index (χ0v) is 17.4. The number of benzene rings is 1. The normalized spacial score (nSPS) is 13.8. The van der Waals surface area contributed by atoms with Crippen LogP contribution in [0.2, 0.25) is 0 Å². The van der Waals surface area contributed by atoms with Gasteiger partial charge in [-0.2, -0.15) is 10.1 Å². The molecule has 3 aromatic rings. The Morgan fingerprint density at radius 1 is 1.23 bits per heavy atom. The molecule has 2 heterocycles. The second kappa shape index (κ2) is 8.22. The third-order valence-corrected chi connectivity index (χ3v) is 5.61. The van der Waals surface area contributed by atoms with Crippen LogP contribution in [0.1, 0.15) is 47.8 Å². The number of carbonyl (C=O) groups is 2. The first-order valence-corrected chi connectivity index (χ1v) is 10.2. The van der Waals surface area contributed by atoms with E-state index >= 15 is 0 Å². The first kappa shape index (κ1) is 20.0. The lowest BCUT2D eigenvalue weighted by Crippen LogP contribution is -2.30. The Morgan fingerprint density at radius 2 is 2.03 bits per heavy atom. The maximum Gasteiger partial charge on any atom is 0.306 e. The van der Waals surface area contributed by atoms with Crippen LogP contribution in [0.5, 0.6) is 0 Å². The van der Waals surface area contributed by atoms with Crippen LogP contribution in [-0.4, -0.2) is 37.6 Å². The van der Waals surface area contributed by atoms with Crippen LogP contribution in [0.25, 0.3) is 5.78 Å². The average Bonchev–Trinajstić information content (AvgIpc) is 3.36. The van der Waals surface area contributed by atoms with Crippen molar-refractivity contribution in [2.45, 2.75) is 59.0 Å². The van der Waals surface area contributed by atoms with Crippen LogP contribution >= 0.6 is 0 Å². The minimum Gasteiger partial charge on any atom is -0.453 e. The molecule has 30 heavy (non-hydrogen) atoms. The smallest absolute Gasteiger partial charge is 0.306 e. The topological polar surface area (TPSA) is 98.5 Å². The predicted molar refractivity (Wildman–Crippen MR) is 111 cm³/mol. The summed E-state index contributed by atoms with van der Waals surface area (Å²) in [7, 11) is 0. The number of hydrogen-bond acceptors (Lipinski definition) is 6. The molecule has 1 amide bonds. The van der Waals surface area contributed by atoms with Crippen LogP contribution in [0.15, 0.2) is 24.5 Å². The van der Waals surface area contributed by atoms with Gasteiger partial charge < -0.3 is 10.1 Å². The molecule has 0 aliphatic heterocycles. The first-order valence-electron chi connectivity index (χ1n) is 10.2. The van der Waals surface area contributed by atoms with Crippen molar-refractivity contribution in [3.63, 3.8) is 0 Å². The van der Waals surface area contributed by atoms with Gasteiger partial charge in [-0.1, -0.05) is 6.07 Å². The average molecular weight is 407 g/mol. The maximum absolute atomic E-state index is 12.4. The van der Waals surface area contributed by atoms with E-state index in [0.717, 1.165) is 41.9 Å². The minimum absolute atomic E-state index is 0.153. The summed E-state index contributed by atoms with van der Waals surface area (Å²) in [5, 5.41) is 7.00. The van der Waals surface area contributed by atoms with Crippen molar-refractivity contribution in [1.29, 1.82) is 0 Å². The third kappa shape index (κ3) is 4.03. The summed E-state index contributed by atoms with van der Waals surface area (Å²) < 4.78 is 7.00. The van der Waals surface area contributed by atoms with Gasteiger partial charge in [0.25, 0.3) is 11.7 Å². The molecule has 0 bridgehead atoms. The summed E-state index contributed by atoms with van der Waals surface area (Å²) in [5.41, 5.74) is 5.99. The Labute approximate surface area is 174 Å². The quantitative estimate of drug-likeness (QED) is 0.631. The summed E-state index contributed by atoms with van der Waals surface area (Å²) >= 11 is 0. The maximum atomic E-state index is 12.4. The Hall–Kier alpha value is -3.29. The van der Waals surface area contributed by atoms with E-state index in [1.165, 1.54) is 17.5 Å². The fourth-order valence-electron chi connectivity index (χ4n) is 3.95. The van der Waals surface area contributed by atoms with Gasteiger partial charge in [0.05, 0.1) is 0 Å². The van der Waals surface area contributed by atoms with Gasteiger partial charge in [-0.25, -0.2) is 9.50 Å². The molecule has 2 aromatic heterocycles. The van der Waals surface area contributed by atoms with Crippen molar-refractivity contribution in [2.24, 2.45) is 0 Å². The van der Waals surface area contributed by atoms with E-state index in [1.807, 2.05) is 26.0 Å². The molecule has 8 heteroatoms. The minimum atomic E-state index is -0.871. The monoisotopic (exact) mass is 407 g/mol. The number of esters is 1. The molecule has 1 aliphatic carbocycles. The van der Waals surface area contributed by atoms with Crippen molar-refractivity contribution in [3.8, 4) is 0 Å². The molecule has 4 rings (SSSR count). The molecule has 8 nitrogen and oxygen atoms in total. The van der Waals surface area contributed by atoms with Gasteiger partial charge in [0, 0.05) is 23.5 Å². The zero-order valence-electron chi connectivity index (χ0n) is 17.4. The van der Waals surface area contributed by atoms with Crippen molar-refractivity contribution in [3.05, 3.63) is 52.6 Å². The van der Waals surface area contributed by atoms with Gasteiger partial charge >= 0.3 is 5.97 Å². The molecular weight excluding hydrogens is 382 g/mol. The van der Waals surface area contributed by atoms with Gasteiger partial charge in [-0.15, -0.1) is 0 Å². The largest absolute Gasteiger partial charge is 0.453 e. The molecule has 0 radical (unpaired) electrons. The highest BCUT2D eigenvalue weighted by Gasteiger charge is 2.20. The van der Waals surface area contributed by atoms with Gasteiger partial charge in [-0.3, -0.25) is 9.59 Å². The van der Waals surface area contributed by atoms with E-state index in [9.17, 15) is 9.59 Å². The molecule has 0 saturated carbocycles. The van der Waals surface area contributed by atoms with Gasteiger partial charge in [0.2, 0.25) is 0 Å². The molecule has 1 atom stereocenters. The second-order valence-electron chi connectivity index (χ2n) is 7.69. The Kier molecular flexibility index (Phi) is 5.48.